The highest BCUT2D eigenvalue weighted by Crippen LogP contribution is 2.31. The van der Waals surface area contributed by atoms with Crippen LogP contribution in [0.15, 0.2) is 36.5 Å². The number of nitriles is 1. The van der Waals surface area contributed by atoms with Crippen LogP contribution in [0, 0.1) is 25.2 Å². The summed E-state index contributed by atoms with van der Waals surface area (Å²) in [5.41, 5.74) is 4.69. The number of aromatic carboxylic acids is 1. The third kappa shape index (κ3) is 2.21. The molecule has 2 heterocycles. The smallest absolute Gasteiger partial charge is 0.339 e. The quantitative estimate of drug-likeness (QED) is 0.758. The Morgan fingerprint density at radius 1 is 1.22 bits per heavy atom. The van der Waals surface area contributed by atoms with Gasteiger partial charge in [0.05, 0.1) is 16.8 Å². The summed E-state index contributed by atoms with van der Waals surface area (Å²) in [6.07, 6.45) is 1.87. The minimum Gasteiger partial charge on any atom is -0.507 e. The molecule has 0 saturated carbocycles. The molecule has 0 spiro atoms. The highest BCUT2D eigenvalue weighted by Gasteiger charge is 2.16. The molecule has 0 aliphatic heterocycles. The molecule has 0 aliphatic carbocycles. The van der Waals surface area contributed by atoms with Crippen molar-refractivity contribution in [1.82, 2.24) is 4.40 Å². The number of aromatic nitrogens is 1. The van der Waals surface area contributed by atoms with Gasteiger partial charge in [-0.2, -0.15) is 5.26 Å². The maximum Gasteiger partial charge on any atom is 0.339 e. The summed E-state index contributed by atoms with van der Waals surface area (Å²) < 4.78 is 1.89. The summed E-state index contributed by atoms with van der Waals surface area (Å²) in [5.74, 6) is -1.48. The molecule has 0 amide bonds. The summed E-state index contributed by atoms with van der Waals surface area (Å²) in [7, 11) is 0. The molecule has 114 valence electrons. The van der Waals surface area contributed by atoms with E-state index in [-0.39, 0.29) is 11.3 Å². The third-order valence-electron chi connectivity index (χ3n) is 4.10. The van der Waals surface area contributed by atoms with E-state index in [1.165, 1.54) is 12.1 Å². The first kappa shape index (κ1) is 14.7. The summed E-state index contributed by atoms with van der Waals surface area (Å²) in [4.78, 5) is 11.0. The highest BCUT2D eigenvalue weighted by atomic mass is 16.4. The molecule has 2 N–H and O–H groups in total. The predicted molar refractivity (Wildman–Crippen MR) is 85.6 cm³/mol. The lowest BCUT2D eigenvalue weighted by molar-refractivity contribution is 0.0694. The maximum atomic E-state index is 11.0. The molecular formula is C18H14N2O3. The van der Waals surface area contributed by atoms with Gasteiger partial charge in [0.25, 0.3) is 0 Å². The molecule has 0 fully saturated rings. The largest absolute Gasteiger partial charge is 0.507 e. The number of phenols is 1. The molecule has 23 heavy (non-hydrogen) atoms. The molecule has 1 aromatic carbocycles. The van der Waals surface area contributed by atoms with Gasteiger partial charge >= 0.3 is 5.97 Å². The van der Waals surface area contributed by atoms with Crippen LogP contribution in [0.3, 0.4) is 0 Å². The van der Waals surface area contributed by atoms with Crippen molar-refractivity contribution in [2.24, 2.45) is 0 Å². The lowest BCUT2D eigenvalue weighted by Crippen LogP contribution is -1.97. The van der Waals surface area contributed by atoms with Crippen LogP contribution in [0.1, 0.15) is 27.0 Å². The van der Waals surface area contributed by atoms with Crippen LogP contribution in [0.25, 0.3) is 16.8 Å². The Balaban J connectivity index is 2.30. The van der Waals surface area contributed by atoms with E-state index in [1.54, 1.807) is 12.1 Å². The maximum absolute atomic E-state index is 11.0. The van der Waals surface area contributed by atoms with E-state index in [4.69, 9.17) is 5.11 Å². The van der Waals surface area contributed by atoms with Gasteiger partial charge in [-0.05, 0) is 49.2 Å². The number of hydrogen-bond acceptors (Lipinski definition) is 3. The highest BCUT2D eigenvalue weighted by molar-refractivity contribution is 5.92. The Morgan fingerprint density at radius 3 is 2.57 bits per heavy atom. The number of aromatic hydroxyl groups is 1. The van der Waals surface area contributed by atoms with Crippen molar-refractivity contribution in [3.63, 3.8) is 0 Å². The molecule has 5 heteroatoms. The number of carboxylic acids is 1. The second-order valence-electron chi connectivity index (χ2n) is 5.43. The van der Waals surface area contributed by atoms with Crippen LogP contribution in [0.2, 0.25) is 0 Å². The fraction of sp³-hybridized carbons (Fsp3) is 0.111. The van der Waals surface area contributed by atoms with Gasteiger partial charge in [0.15, 0.2) is 0 Å². The SMILES string of the molecule is Cc1ccn2c(-c3ccc(C(=O)O)c(O)c3)cc(C#N)c2c1C. The number of fused-ring (bicyclic) bond motifs is 1. The van der Waals surface area contributed by atoms with Crippen LogP contribution in [0.4, 0.5) is 0 Å². The minimum absolute atomic E-state index is 0.151. The van der Waals surface area contributed by atoms with Crippen molar-refractivity contribution >= 4 is 11.5 Å². The van der Waals surface area contributed by atoms with Crippen LogP contribution in [-0.2, 0) is 0 Å². The summed E-state index contributed by atoms with van der Waals surface area (Å²) in [6, 6.07) is 10.3. The molecule has 0 aliphatic rings. The first-order valence-corrected chi connectivity index (χ1v) is 7.02. The third-order valence-corrected chi connectivity index (χ3v) is 4.10. The first-order chi connectivity index (χ1) is 10.9. The Bertz CT molecular complexity index is 994. The van der Waals surface area contributed by atoms with Gasteiger partial charge in [-0.25, -0.2) is 4.79 Å². The fourth-order valence-corrected chi connectivity index (χ4v) is 2.74. The van der Waals surface area contributed by atoms with Crippen LogP contribution >= 0.6 is 0 Å². The number of nitrogens with zero attached hydrogens (tertiary/aromatic N) is 2. The van der Waals surface area contributed by atoms with Crippen LogP contribution in [-0.4, -0.2) is 20.6 Å². The molecule has 0 radical (unpaired) electrons. The van der Waals surface area contributed by atoms with E-state index in [9.17, 15) is 15.2 Å². The van der Waals surface area contributed by atoms with Crippen molar-refractivity contribution in [3.8, 4) is 23.1 Å². The number of carboxylic acid groups (broad SMARTS) is 1. The van der Waals surface area contributed by atoms with E-state index >= 15 is 0 Å². The predicted octanol–water partition coefficient (Wildman–Crippen LogP) is 3.50. The zero-order chi connectivity index (χ0) is 16.7. The monoisotopic (exact) mass is 306 g/mol. The zero-order valence-electron chi connectivity index (χ0n) is 12.7. The molecule has 3 aromatic rings. The van der Waals surface area contributed by atoms with Crippen LogP contribution in [0.5, 0.6) is 5.75 Å². The first-order valence-electron chi connectivity index (χ1n) is 7.02. The standard InChI is InChI=1S/C18H14N2O3/c1-10-5-6-20-15(7-13(9-19)17(20)11(10)2)12-3-4-14(18(22)23)16(21)8-12/h3-8,21H,1-2H3,(H,22,23). The lowest BCUT2D eigenvalue weighted by Gasteiger charge is -2.08. The normalized spacial score (nSPS) is 10.7. The van der Waals surface area contributed by atoms with Crippen molar-refractivity contribution in [3.05, 3.63) is 58.8 Å². The average Bonchev–Trinajstić information content (AvgIpc) is 2.89. The topological polar surface area (TPSA) is 85.7 Å². The van der Waals surface area contributed by atoms with Gasteiger partial charge in [0.1, 0.15) is 17.4 Å². The molecule has 3 rings (SSSR count). The van der Waals surface area contributed by atoms with Crippen molar-refractivity contribution < 1.29 is 15.0 Å². The second kappa shape index (κ2) is 5.18. The van der Waals surface area contributed by atoms with Crippen molar-refractivity contribution in [2.75, 3.05) is 0 Å². The Hall–Kier alpha value is -3.26. The fourth-order valence-electron chi connectivity index (χ4n) is 2.74. The summed E-state index contributed by atoms with van der Waals surface area (Å²) in [6.45, 7) is 3.94. The van der Waals surface area contributed by atoms with Crippen LogP contribution < -0.4 is 0 Å². The number of rotatable bonds is 2. The molecular weight excluding hydrogens is 292 g/mol. The van der Waals surface area contributed by atoms with Gasteiger partial charge in [0.2, 0.25) is 0 Å². The molecule has 0 atom stereocenters. The van der Waals surface area contributed by atoms with Gasteiger partial charge in [0, 0.05) is 11.8 Å². The van der Waals surface area contributed by atoms with Gasteiger partial charge < -0.3 is 14.6 Å². The number of carbonyl (C=O) groups is 1. The van der Waals surface area contributed by atoms with E-state index in [0.717, 1.165) is 22.3 Å². The lowest BCUT2D eigenvalue weighted by atomic mass is 10.1. The second-order valence-corrected chi connectivity index (χ2v) is 5.43. The zero-order valence-corrected chi connectivity index (χ0v) is 12.7. The average molecular weight is 306 g/mol. The van der Waals surface area contributed by atoms with E-state index in [0.29, 0.717) is 11.1 Å². The minimum atomic E-state index is -1.18. The van der Waals surface area contributed by atoms with E-state index in [1.807, 2.05) is 30.5 Å². The molecule has 5 nitrogen and oxygen atoms in total. The molecule has 0 unspecified atom stereocenters. The van der Waals surface area contributed by atoms with Crippen molar-refractivity contribution in [1.29, 1.82) is 5.26 Å². The molecule has 0 bridgehead atoms. The number of pyridine rings is 1. The van der Waals surface area contributed by atoms with Gasteiger partial charge in [-0.1, -0.05) is 6.07 Å². The van der Waals surface area contributed by atoms with E-state index < -0.39 is 5.97 Å². The Morgan fingerprint density at radius 2 is 1.96 bits per heavy atom. The number of aryl methyl sites for hydroxylation is 2. The molecule has 2 aromatic heterocycles. The van der Waals surface area contributed by atoms with Gasteiger partial charge in [-0.15, -0.1) is 0 Å². The number of benzene rings is 1. The summed E-state index contributed by atoms with van der Waals surface area (Å²) >= 11 is 0. The summed E-state index contributed by atoms with van der Waals surface area (Å²) in [5, 5.41) is 28.3. The van der Waals surface area contributed by atoms with Gasteiger partial charge in [-0.3, -0.25) is 0 Å². The van der Waals surface area contributed by atoms with E-state index in [2.05, 4.69) is 6.07 Å². The van der Waals surface area contributed by atoms with Crippen molar-refractivity contribution in [2.45, 2.75) is 13.8 Å². The Labute approximate surface area is 132 Å². The number of hydrogen-bond donors (Lipinski definition) is 2. The molecule has 0 saturated heterocycles. The Kier molecular flexibility index (Phi) is 3.30.